The summed E-state index contributed by atoms with van der Waals surface area (Å²) in [6.45, 7) is 2.70. The summed E-state index contributed by atoms with van der Waals surface area (Å²) in [5.74, 6) is -1.19. The predicted octanol–water partition coefficient (Wildman–Crippen LogP) is 2.22. The van der Waals surface area contributed by atoms with E-state index in [1.807, 2.05) is 0 Å². The molecular weight excluding hydrogens is 278 g/mol. The maximum Gasteiger partial charge on any atom is 0.332 e. The summed E-state index contributed by atoms with van der Waals surface area (Å²) >= 11 is 0. The van der Waals surface area contributed by atoms with E-state index in [1.54, 1.807) is 5.56 Å². The van der Waals surface area contributed by atoms with Crippen molar-refractivity contribution >= 4 is 5.97 Å². The van der Waals surface area contributed by atoms with E-state index in [1.165, 1.54) is 36.8 Å². The molecule has 0 aromatic heterocycles. The Morgan fingerprint density at radius 3 is 2.68 bits per heavy atom. The molecule has 1 atom stereocenters. The van der Waals surface area contributed by atoms with Gasteiger partial charge in [-0.25, -0.2) is 4.79 Å². The first-order chi connectivity index (χ1) is 10.6. The molecule has 3 rings (SSSR count). The number of carbonyl (C=O) groups is 1. The Hall–Kier alpha value is -1.39. The maximum atomic E-state index is 10.9. The van der Waals surface area contributed by atoms with Crippen LogP contribution in [0, 0.1) is 5.92 Å². The number of aliphatic carboxylic acids is 1. The van der Waals surface area contributed by atoms with Crippen LogP contribution in [-0.4, -0.2) is 40.3 Å². The average molecular weight is 303 g/mol. The maximum absolute atomic E-state index is 10.9. The number of nitrogens with zero attached hydrogens (tertiary/aromatic N) is 1. The van der Waals surface area contributed by atoms with Crippen molar-refractivity contribution in [2.24, 2.45) is 5.92 Å². The van der Waals surface area contributed by atoms with Crippen molar-refractivity contribution in [1.82, 2.24) is 4.90 Å². The molecule has 0 saturated carbocycles. The lowest BCUT2D eigenvalue weighted by Gasteiger charge is -2.33. The van der Waals surface area contributed by atoms with E-state index in [0.29, 0.717) is 0 Å². The van der Waals surface area contributed by atoms with Crippen LogP contribution in [0.4, 0.5) is 0 Å². The van der Waals surface area contributed by atoms with Crippen LogP contribution in [0.3, 0.4) is 0 Å². The van der Waals surface area contributed by atoms with Gasteiger partial charge in [0.05, 0.1) is 0 Å². The number of aliphatic hydroxyl groups excluding tert-OH is 1. The van der Waals surface area contributed by atoms with E-state index in [9.17, 15) is 9.90 Å². The van der Waals surface area contributed by atoms with Crippen LogP contribution >= 0.6 is 0 Å². The number of likely N-dealkylation sites (tertiary alicyclic amines) is 1. The van der Waals surface area contributed by atoms with E-state index in [2.05, 4.69) is 23.1 Å². The Morgan fingerprint density at radius 1 is 1.23 bits per heavy atom. The fraction of sp³-hybridized carbons (Fsp3) is 0.611. The smallest absolute Gasteiger partial charge is 0.332 e. The van der Waals surface area contributed by atoms with Gasteiger partial charge in [-0.2, -0.15) is 0 Å². The molecule has 4 nitrogen and oxygen atoms in total. The Bertz CT molecular complexity index is 535. The van der Waals surface area contributed by atoms with Gasteiger partial charge >= 0.3 is 5.97 Å². The van der Waals surface area contributed by atoms with Crippen LogP contribution in [0.25, 0.3) is 0 Å². The average Bonchev–Trinajstić information content (AvgIpc) is 2.55. The van der Waals surface area contributed by atoms with Gasteiger partial charge in [0.1, 0.15) is 0 Å². The zero-order valence-corrected chi connectivity index (χ0v) is 13.0. The van der Waals surface area contributed by atoms with Gasteiger partial charge in [-0.1, -0.05) is 18.2 Å². The third-order valence-electron chi connectivity index (χ3n) is 5.22. The number of hydrogen-bond acceptors (Lipinski definition) is 3. The second-order valence-corrected chi connectivity index (χ2v) is 6.66. The summed E-state index contributed by atoms with van der Waals surface area (Å²) in [7, 11) is 0. The van der Waals surface area contributed by atoms with Gasteiger partial charge in [0, 0.05) is 6.54 Å². The van der Waals surface area contributed by atoms with Gasteiger partial charge in [-0.05, 0) is 74.2 Å². The molecule has 22 heavy (non-hydrogen) atoms. The number of aliphatic hydroxyl groups is 1. The quantitative estimate of drug-likeness (QED) is 0.895. The second kappa shape index (κ2) is 6.80. The Kier molecular flexibility index (Phi) is 4.79. The van der Waals surface area contributed by atoms with E-state index in [-0.39, 0.29) is 5.92 Å². The SMILES string of the molecule is O=C(O)C(O)C1CCN(Cc2cccc3c2CCCC3)CC1. The molecule has 1 aromatic carbocycles. The number of fused-ring (bicyclic) bond motifs is 1. The molecule has 120 valence electrons. The third kappa shape index (κ3) is 3.33. The molecule has 1 aliphatic carbocycles. The highest BCUT2D eigenvalue weighted by Gasteiger charge is 2.29. The first-order valence-electron chi connectivity index (χ1n) is 8.38. The molecule has 4 heteroatoms. The molecule has 1 aromatic rings. The van der Waals surface area contributed by atoms with Crippen molar-refractivity contribution in [3.8, 4) is 0 Å². The predicted molar refractivity (Wildman–Crippen MR) is 84.7 cm³/mol. The highest BCUT2D eigenvalue weighted by atomic mass is 16.4. The number of hydrogen-bond donors (Lipinski definition) is 2. The Morgan fingerprint density at radius 2 is 1.95 bits per heavy atom. The van der Waals surface area contributed by atoms with Gasteiger partial charge < -0.3 is 10.2 Å². The number of carboxylic acid groups (broad SMARTS) is 1. The van der Waals surface area contributed by atoms with Gasteiger partial charge in [-0.3, -0.25) is 4.90 Å². The minimum absolute atomic E-state index is 0.0987. The zero-order chi connectivity index (χ0) is 15.5. The van der Waals surface area contributed by atoms with Crippen LogP contribution in [0.15, 0.2) is 18.2 Å². The Labute approximate surface area is 131 Å². The minimum Gasteiger partial charge on any atom is -0.479 e. The first-order valence-corrected chi connectivity index (χ1v) is 8.38. The van der Waals surface area contributed by atoms with Crippen molar-refractivity contribution in [2.45, 2.75) is 51.2 Å². The van der Waals surface area contributed by atoms with E-state index < -0.39 is 12.1 Å². The lowest BCUT2D eigenvalue weighted by molar-refractivity contribution is -0.150. The molecule has 2 aliphatic rings. The van der Waals surface area contributed by atoms with Crippen LogP contribution in [-0.2, 0) is 24.2 Å². The van der Waals surface area contributed by atoms with E-state index >= 15 is 0 Å². The Balaban J connectivity index is 1.61. The van der Waals surface area contributed by atoms with Crippen molar-refractivity contribution in [1.29, 1.82) is 0 Å². The molecule has 1 aliphatic heterocycles. The van der Waals surface area contributed by atoms with E-state index in [4.69, 9.17) is 5.11 Å². The molecule has 2 N–H and O–H groups in total. The molecule has 1 heterocycles. The molecule has 1 unspecified atom stereocenters. The summed E-state index contributed by atoms with van der Waals surface area (Å²) in [5.41, 5.74) is 4.50. The number of benzene rings is 1. The lowest BCUT2D eigenvalue weighted by Crippen LogP contribution is -2.40. The highest BCUT2D eigenvalue weighted by Crippen LogP contribution is 2.27. The van der Waals surface area contributed by atoms with Crippen molar-refractivity contribution in [2.75, 3.05) is 13.1 Å². The van der Waals surface area contributed by atoms with E-state index in [0.717, 1.165) is 32.5 Å². The van der Waals surface area contributed by atoms with Crippen molar-refractivity contribution in [3.63, 3.8) is 0 Å². The van der Waals surface area contributed by atoms with Crippen LogP contribution < -0.4 is 0 Å². The van der Waals surface area contributed by atoms with Crippen molar-refractivity contribution < 1.29 is 15.0 Å². The number of rotatable bonds is 4. The largest absolute Gasteiger partial charge is 0.479 e. The molecule has 1 fully saturated rings. The van der Waals surface area contributed by atoms with Crippen LogP contribution in [0.5, 0.6) is 0 Å². The van der Waals surface area contributed by atoms with Crippen LogP contribution in [0.1, 0.15) is 42.4 Å². The fourth-order valence-electron chi connectivity index (χ4n) is 3.88. The number of piperidine rings is 1. The highest BCUT2D eigenvalue weighted by molar-refractivity contribution is 5.72. The first kappa shape index (κ1) is 15.5. The summed E-state index contributed by atoms with van der Waals surface area (Å²) in [5, 5.41) is 18.6. The van der Waals surface area contributed by atoms with Gasteiger partial charge in [0.25, 0.3) is 0 Å². The molecule has 0 amide bonds. The summed E-state index contributed by atoms with van der Waals surface area (Å²) in [6.07, 6.45) is 5.32. The fourth-order valence-corrected chi connectivity index (χ4v) is 3.88. The van der Waals surface area contributed by atoms with Gasteiger partial charge in [-0.15, -0.1) is 0 Å². The molecular formula is C18H25NO3. The molecule has 1 saturated heterocycles. The molecule has 0 radical (unpaired) electrons. The topological polar surface area (TPSA) is 60.8 Å². The van der Waals surface area contributed by atoms with Crippen molar-refractivity contribution in [3.05, 3.63) is 34.9 Å². The molecule has 0 spiro atoms. The lowest BCUT2D eigenvalue weighted by atomic mass is 9.87. The number of aryl methyl sites for hydroxylation is 1. The second-order valence-electron chi connectivity index (χ2n) is 6.66. The van der Waals surface area contributed by atoms with Crippen LogP contribution in [0.2, 0.25) is 0 Å². The van der Waals surface area contributed by atoms with Gasteiger partial charge in [0.15, 0.2) is 6.10 Å². The third-order valence-corrected chi connectivity index (χ3v) is 5.22. The summed E-state index contributed by atoms with van der Waals surface area (Å²) in [6, 6.07) is 6.66. The zero-order valence-electron chi connectivity index (χ0n) is 13.0. The number of carboxylic acids is 1. The minimum atomic E-state index is -1.20. The summed E-state index contributed by atoms with van der Waals surface area (Å²) < 4.78 is 0. The summed E-state index contributed by atoms with van der Waals surface area (Å²) in [4.78, 5) is 13.3. The standard InChI is InChI=1S/C18H25NO3/c20-17(18(21)22)14-8-10-19(11-9-14)12-15-6-3-5-13-4-1-2-7-16(13)15/h3,5-6,14,17,20H,1-2,4,7-12H2,(H,21,22). The normalized spacial score (nSPS) is 21.3. The van der Waals surface area contributed by atoms with Gasteiger partial charge in [0.2, 0.25) is 0 Å². The molecule has 0 bridgehead atoms. The monoisotopic (exact) mass is 303 g/mol.